The second kappa shape index (κ2) is 10.3. The standard InChI is InChI=1S/C28H24F4N4O2/c1-18-17-35(25(37)16-19-6-12-22(13-7-19)38-28(30,31)32)14-15-36(18)27-24-5-3-2-4-23(24)26(33-34-27)20-8-10-21(29)11-9-20/h2-13,18H,14-17H2,1H3/t18-/m1/s1. The highest BCUT2D eigenvalue weighted by Gasteiger charge is 2.31. The fraction of sp³-hybridized carbons (Fsp3) is 0.250. The maximum absolute atomic E-state index is 13.4. The van der Waals surface area contributed by atoms with E-state index in [1.165, 1.54) is 36.4 Å². The second-order valence-electron chi connectivity index (χ2n) is 9.18. The summed E-state index contributed by atoms with van der Waals surface area (Å²) in [7, 11) is 0. The van der Waals surface area contributed by atoms with Crippen LogP contribution in [-0.2, 0) is 11.2 Å². The van der Waals surface area contributed by atoms with Gasteiger partial charge in [0.2, 0.25) is 5.91 Å². The van der Waals surface area contributed by atoms with E-state index in [4.69, 9.17) is 0 Å². The zero-order valence-electron chi connectivity index (χ0n) is 20.5. The van der Waals surface area contributed by atoms with Crippen LogP contribution in [0.2, 0.25) is 0 Å². The van der Waals surface area contributed by atoms with Gasteiger partial charge in [-0.2, -0.15) is 0 Å². The smallest absolute Gasteiger partial charge is 0.406 e. The van der Waals surface area contributed by atoms with E-state index in [0.717, 1.165) is 16.3 Å². The van der Waals surface area contributed by atoms with Gasteiger partial charge in [-0.3, -0.25) is 4.79 Å². The zero-order valence-corrected chi connectivity index (χ0v) is 20.5. The van der Waals surface area contributed by atoms with E-state index in [-0.39, 0.29) is 29.9 Å². The molecule has 1 fully saturated rings. The first kappa shape index (κ1) is 25.4. The number of hydrogen-bond acceptors (Lipinski definition) is 5. The van der Waals surface area contributed by atoms with Gasteiger partial charge in [0.1, 0.15) is 17.3 Å². The molecule has 196 valence electrons. The van der Waals surface area contributed by atoms with Crippen LogP contribution in [0.15, 0.2) is 72.8 Å². The quantitative estimate of drug-likeness (QED) is 0.318. The Morgan fingerprint density at radius 2 is 1.63 bits per heavy atom. The Balaban J connectivity index is 1.30. The van der Waals surface area contributed by atoms with Crippen LogP contribution in [0.25, 0.3) is 22.0 Å². The summed E-state index contributed by atoms with van der Waals surface area (Å²) in [5.74, 6) is -0.0408. The summed E-state index contributed by atoms with van der Waals surface area (Å²) in [5.41, 5.74) is 2.04. The van der Waals surface area contributed by atoms with E-state index >= 15 is 0 Å². The van der Waals surface area contributed by atoms with Gasteiger partial charge in [0.25, 0.3) is 0 Å². The Hall–Kier alpha value is -4.21. The monoisotopic (exact) mass is 524 g/mol. The van der Waals surface area contributed by atoms with Crippen LogP contribution in [0.3, 0.4) is 0 Å². The Kier molecular flexibility index (Phi) is 6.88. The van der Waals surface area contributed by atoms with Crippen LogP contribution >= 0.6 is 0 Å². The van der Waals surface area contributed by atoms with Crippen LogP contribution in [0, 0.1) is 5.82 Å². The minimum absolute atomic E-state index is 0.0513. The Morgan fingerprint density at radius 1 is 0.947 bits per heavy atom. The molecule has 1 aliphatic rings. The number of amides is 1. The van der Waals surface area contributed by atoms with Crippen LogP contribution < -0.4 is 9.64 Å². The molecule has 1 aliphatic heterocycles. The van der Waals surface area contributed by atoms with Crippen molar-refractivity contribution in [1.82, 2.24) is 15.1 Å². The van der Waals surface area contributed by atoms with Crippen molar-refractivity contribution in [2.75, 3.05) is 24.5 Å². The van der Waals surface area contributed by atoms with Crippen molar-refractivity contribution in [2.24, 2.45) is 0 Å². The van der Waals surface area contributed by atoms with Gasteiger partial charge in [0.15, 0.2) is 5.82 Å². The van der Waals surface area contributed by atoms with Crippen LogP contribution in [0.1, 0.15) is 12.5 Å². The molecule has 1 aromatic heterocycles. The van der Waals surface area contributed by atoms with Crippen molar-refractivity contribution in [3.63, 3.8) is 0 Å². The van der Waals surface area contributed by atoms with E-state index in [2.05, 4.69) is 19.8 Å². The predicted molar refractivity (Wildman–Crippen MR) is 135 cm³/mol. The van der Waals surface area contributed by atoms with Gasteiger partial charge in [-0.25, -0.2) is 4.39 Å². The molecule has 1 amide bonds. The van der Waals surface area contributed by atoms with Gasteiger partial charge in [0.05, 0.1) is 6.42 Å². The Labute approximate surface area is 216 Å². The van der Waals surface area contributed by atoms with Gasteiger partial charge < -0.3 is 14.5 Å². The Bertz CT molecular complexity index is 1440. The van der Waals surface area contributed by atoms with E-state index < -0.39 is 6.36 Å². The van der Waals surface area contributed by atoms with Gasteiger partial charge in [0, 0.05) is 42.0 Å². The van der Waals surface area contributed by atoms with Gasteiger partial charge in [-0.15, -0.1) is 23.4 Å². The number of carbonyl (C=O) groups excluding carboxylic acids is 1. The van der Waals surface area contributed by atoms with Gasteiger partial charge in [-0.05, 0) is 48.9 Å². The van der Waals surface area contributed by atoms with Crippen molar-refractivity contribution in [3.05, 3.63) is 84.2 Å². The van der Waals surface area contributed by atoms with Crippen molar-refractivity contribution in [1.29, 1.82) is 0 Å². The Morgan fingerprint density at radius 3 is 2.29 bits per heavy atom. The van der Waals surface area contributed by atoms with Crippen LogP contribution in [0.5, 0.6) is 5.75 Å². The number of piperazine rings is 1. The number of halogens is 4. The SMILES string of the molecule is C[C@@H]1CN(C(=O)Cc2ccc(OC(F)(F)F)cc2)CCN1c1nnc(-c2ccc(F)cc2)c2ccccc12. The summed E-state index contributed by atoms with van der Waals surface area (Å²) in [6, 6.07) is 19.2. The molecule has 1 atom stereocenters. The molecule has 0 bridgehead atoms. The predicted octanol–water partition coefficient (Wildman–Crippen LogP) is 5.61. The molecule has 1 saturated heterocycles. The lowest BCUT2D eigenvalue weighted by molar-refractivity contribution is -0.274. The van der Waals surface area contributed by atoms with E-state index in [9.17, 15) is 22.4 Å². The average Bonchev–Trinajstić information content (AvgIpc) is 2.89. The molecule has 0 radical (unpaired) electrons. The topological polar surface area (TPSA) is 58.6 Å². The molecule has 0 saturated carbocycles. The molecule has 3 aromatic carbocycles. The minimum Gasteiger partial charge on any atom is -0.406 e. The normalized spacial score (nSPS) is 16.1. The van der Waals surface area contributed by atoms with Crippen molar-refractivity contribution >= 4 is 22.5 Å². The van der Waals surface area contributed by atoms with E-state index in [1.807, 2.05) is 31.2 Å². The summed E-state index contributed by atoms with van der Waals surface area (Å²) in [6.45, 7) is 3.48. The largest absolute Gasteiger partial charge is 0.573 e. The van der Waals surface area contributed by atoms with Crippen LogP contribution in [0.4, 0.5) is 23.4 Å². The number of aromatic nitrogens is 2. The first-order valence-electron chi connectivity index (χ1n) is 12.1. The summed E-state index contributed by atoms with van der Waals surface area (Å²) in [6.07, 6.45) is -4.68. The highest BCUT2D eigenvalue weighted by Crippen LogP contribution is 2.33. The third-order valence-corrected chi connectivity index (χ3v) is 6.55. The maximum Gasteiger partial charge on any atom is 0.573 e. The highest BCUT2D eigenvalue weighted by atomic mass is 19.4. The number of hydrogen-bond donors (Lipinski definition) is 0. The summed E-state index contributed by atoms with van der Waals surface area (Å²) < 4.78 is 54.4. The fourth-order valence-electron chi connectivity index (χ4n) is 4.72. The number of alkyl halides is 3. The summed E-state index contributed by atoms with van der Waals surface area (Å²) in [4.78, 5) is 16.8. The number of ether oxygens (including phenoxy) is 1. The van der Waals surface area contributed by atoms with Gasteiger partial charge in [-0.1, -0.05) is 36.4 Å². The lowest BCUT2D eigenvalue weighted by Crippen LogP contribution is -2.54. The number of fused-ring (bicyclic) bond motifs is 1. The van der Waals surface area contributed by atoms with E-state index in [0.29, 0.717) is 36.7 Å². The molecular weight excluding hydrogens is 500 g/mol. The molecule has 6 nitrogen and oxygen atoms in total. The van der Waals surface area contributed by atoms with E-state index in [1.54, 1.807) is 17.0 Å². The molecule has 2 heterocycles. The average molecular weight is 525 g/mol. The number of nitrogens with zero attached hydrogens (tertiary/aromatic N) is 4. The molecule has 10 heteroatoms. The zero-order chi connectivity index (χ0) is 26.9. The molecule has 0 spiro atoms. The lowest BCUT2D eigenvalue weighted by Gasteiger charge is -2.40. The summed E-state index contributed by atoms with van der Waals surface area (Å²) in [5, 5.41) is 10.8. The van der Waals surface area contributed by atoms with Crippen LogP contribution in [-0.4, -0.2) is 53.0 Å². The third-order valence-electron chi connectivity index (χ3n) is 6.55. The first-order chi connectivity index (χ1) is 18.2. The minimum atomic E-state index is -4.76. The number of benzene rings is 3. The molecule has 5 rings (SSSR count). The third kappa shape index (κ3) is 5.53. The number of anilines is 1. The number of rotatable bonds is 5. The second-order valence-corrected chi connectivity index (χ2v) is 9.18. The first-order valence-corrected chi connectivity index (χ1v) is 12.1. The molecule has 0 unspecified atom stereocenters. The van der Waals surface area contributed by atoms with Gasteiger partial charge >= 0.3 is 6.36 Å². The summed E-state index contributed by atoms with van der Waals surface area (Å²) >= 11 is 0. The fourth-order valence-corrected chi connectivity index (χ4v) is 4.72. The molecule has 0 N–H and O–H groups in total. The van der Waals surface area contributed by atoms with Crippen molar-refractivity contribution < 1.29 is 27.1 Å². The maximum atomic E-state index is 13.4. The number of carbonyl (C=O) groups is 1. The lowest BCUT2D eigenvalue weighted by atomic mass is 10.0. The molecular formula is C28H24F4N4O2. The highest BCUT2D eigenvalue weighted by molar-refractivity contribution is 6.00. The van der Waals surface area contributed by atoms with Crippen molar-refractivity contribution in [2.45, 2.75) is 25.7 Å². The molecule has 38 heavy (non-hydrogen) atoms. The molecule has 4 aromatic rings. The molecule has 0 aliphatic carbocycles. The van der Waals surface area contributed by atoms with Crippen molar-refractivity contribution in [3.8, 4) is 17.0 Å².